The molecule has 6 aromatic rings. The van der Waals surface area contributed by atoms with Gasteiger partial charge in [0.05, 0.1) is 22.4 Å². The number of hydrogen-bond donors (Lipinski definition) is 0. The van der Waals surface area contributed by atoms with Crippen molar-refractivity contribution >= 4 is 45.1 Å². The Kier molecular flexibility index (Phi) is 7.18. The van der Waals surface area contributed by atoms with Gasteiger partial charge in [0, 0.05) is 28.1 Å². The molecule has 0 aliphatic heterocycles. The van der Waals surface area contributed by atoms with Gasteiger partial charge in [0.1, 0.15) is 5.82 Å². The predicted molar refractivity (Wildman–Crippen MR) is 210 cm³/mol. The van der Waals surface area contributed by atoms with Crippen molar-refractivity contribution in [3.05, 3.63) is 161 Å². The van der Waals surface area contributed by atoms with E-state index in [9.17, 15) is 0 Å². The second-order valence-corrected chi connectivity index (χ2v) is 14.3. The minimum absolute atomic E-state index is 0.276. The van der Waals surface area contributed by atoms with E-state index >= 15 is 0 Å². The lowest BCUT2D eigenvalue weighted by Crippen LogP contribution is -2.11. The number of pyridine rings is 1. The van der Waals surface area contributed by atoms with Crippen LogP contribution in [0.25, 0.3) is 56.6 Å². The van der Waals surface area contributed by atoms with Crippen molar-refractivity contribution < 1.29 is 0 Å². The standard InChI is InChI=1S/C47H41N3/c1-4-15-32(16-5-1)35-30-41(33-17-6-2-7-18-33)48-46(31-35)50-42-24-12-10-21-38(42)40-29-34(27-28-44(40)50)37-23-14-26-45-47(37)39-22-11-13-25-43(39)49(45)36-19-8-3-9-20-36/h1,3-4,8-11,13-15,17,19-23,25-28,30-31,34H,2,5-7,12,16,18,24,29H2. The number of fused-ring (bicyclic) bond motifs is 6. The van der Waals surface area contributed by atoms with E-state index in [1.54, 1.807) is 0 Å². The molecule has 1 atom stereocenters. The van der Waals surface area contributed by atoms with E-state index in [4.69, 9.17) is 4.98 Å². The van der Waals surface area contributed by atoms with Gasteiger partial charge in [-0.05, 0) is 134 Å². The molecule has 0 bridgehead atoms. The molecule has 0 fully saturated rings. The number of hydrogen-bond acceptors (Lipinski definition) is 1. The molecule has 0 saturated carbocycles. The van der Waals surface area contributed by atoms with Crippen molar-refractivity contribution in [1.29, 1.82) is 0 Å². The zero-order valence-corrected chi connectivity index (χ0v) is 28.5. The normalized spacial score (nSPS) is 18.3. The third-order valence-electron chi connectivity index (χ3n) is 11.4. The van der Waals surface area contributed by atoms with Crippen LogP contribution in [0.5, 0.6) is 0 Å². The molecule has 3 nitrogen and oxygen atoms in total. The van der Waals surface area contributed by atoms with Crippen LogP contribution in [0, 0.1) is 0 Å². The first kappa shape index (κ1) is 29.5. The van der Waals surface area contributed by atoms with E-state index in [0.717, 1.165) is 56.5 Å². The van der Waals surface area contributed by atoms with Crippen LogP contribution in [-0.2, 0) is 12.8 Å². The monoisotopic (exact) mass is 647 g/mol. The number of rotatable bonds is 5. The number of para-hydroxylation sites is 2. The molecular weight excluding hydrogens is 607 g/mol. The molecule has 0 N–H and O–H groups in total. The summed E-state index contributed by atoms with van der Waals surface area (Å²) in [4.78, 5) is 5.48. The van der Waals surface area contributed by atoms with Gasteiger partial charge < -0.3 is 4.57 Å². The van der Waals surface area contributed by atoms with Crippen molar-refractivity contribution in [2.75, 3.05) is 0 Å². The first-order valence-corrected chi connectivity index (χ1v) is 18.6. The maximum absolute atomic E-state index is 5.48. The fraction of sp³-hybridized carbons (Fsp3) is 0.213. The largest absolute Gasteiger partial charge is 0.309 e. The highest BCUT2D eigenvalue weighted by molar-refractivity contribution is 6.11. The number of benzene rings is 3. The Balaban J connectivity index is 1.13. The van der Waals surface area contributed by atoms with Gasteiger partial charge in [-0.3, -0.25) is 4.57 Å². The van der Waals surface area contributed by atoms with E-state index in [1.165, 1.54) is 85.1 Å². The van der Waals surface area contributed by atoms with Gasteiger partial charge in [0.15, 0.2) is 0 Å². The third kappa shape index (κ3) is 4.82. The lowest BCUT2D eigenvalue weighted by atomic mass is 9.83. The first-order chi connectivity index (χ1) is 24.8. The van der Waals surface area contributed by atoms with Crippen LogP contribution in [-0.4, -0.2) is 14.1 Å². The maximum Gasteiger partial charge on any atom is 0.138 e. The molecule has 244 valence electrons. The van der Waals surface area contributed by atoms with Gasteiger partial charge in [-0.25, -0.2) is 4.98 Å². The van der Waals surface area contributed by atoms with Gasteiger partial charge in [0.25, 0.3) is 0 Å². The fourth-order valence-electron chi connectivity index (χ4n) is 9.04. The Hall–Kier alpha value is -5.41. The number of nitrogens with zero attached hydrogens (tertiary/aromatic N) is 3. The highest BCUT2D eigenvalue weighted by Crippen LogP contribution is 2.44. The molecule has 3 aromatic carbocycles. The minimum Gasteiger partial charge on any atom is -0.309 e. The molecule has 3 heterocycles. The molecule has 4 aliphatic carbocycles. The summed E-state index contributed by atoms with van der Waals surface area (Å²) in [5.74, 6) is 1.35. The molecule has 0 saturated heterocycles. The molecule has 0 radical (unpaired) electrons. The van der Waals surface area contributed by atoms with E-state index in [1.807, 2.05) is 0 Å². The van der Waals surface area contributed by atoms with E-state index < -0.39 is 0 Å². The Bertz CT molecular complexity index is 2460. The number of allylic oxidation sites excluding steroid dienone is 8. The van der Waals surface area contributed by atoms with Gasteiger partial charge >= 0.3 is 0 Å². The molecule has 50 heavy (non-hydrogen) atoms. The third-order valence-corrected chi connectivity index (χ3v) is 11.4. The Morgan fingerprint density at radius 2 is 1.58 bits per heavy atom. The number of aromatic nitrogens is 3. The summed E-state index contributed by atoms with van der Waals surface area (Å²) in [5, 5.41) is 2.68. The predicted octanol–water partition coefficient (Wildman–Crippen LogP) is 12.0. The molecule has 3 heteroatoms. The highest BCUT2D eigenvalue weighted by atomic mass is 15.1. The Labute approximate surface area is 294 Å². The topological polar surface area (TPSA) is 22.8 Å². The van der Waals surface area contributed by atoms with E-state index in [0.29, 0.717) is 0 Å². The molecule has 0 spiro atoms. The van der Waals surface area contributed by atoms with Crippen molar-refractivity contribution in [2.24, 2.45) is 0 Å². The van der Waals surface area contributed by atoms with Crippen LogP contribution in [0.2, 0.25) is 0 Å². The van der Waals surface area contributed by atoms with Crippen molar-refractivity contribution in [3.8, 4) is 11.5 Å². The molecule has 0 amide bonds. The lowest BCUT2D eigenvalue weighted by molar-refractivity contribution is 0.739. The molecular formula is C47H41N3. The summed E-state index contributed by atoms with van der Waals surface area (Å²) in [6, 6.07) is 31.4. The summed E-state index contributed by atoms with van der Waals surface area (Å²) in [6.07, 6.45) is 29.0. The second kappa shape index (κ2) is 12.2. The van der Waals surface area contributed by atoms with Gasteiger partial charge in [-0.2, -0.15) is 0 Å². The molecule has 1 unspecified atom stereocenters. The smallest absolute Gasteiger partial charge is 0.138 e. The van der Waals surface area contributed by atoms with Crippen molar-refractivity contribution in [1.82, 2.24) is 14.1 Å². The molecule has 10 rings (SSSR count). The average molecular weight is 648 g/mol. The van der Waals surface area contributed by atoms with Gasteiger partial charge in [0.2, 0.25) is 0 Å². The fourth-order valence-corrected chi connectivity index (χ4v) is 9.04. The van der Waals surface area contributed by atoms with Crippen LogP contribution in [0.1, 0.15) is 90.2 Å². The summed E-state index contributed by atoms with van der Waals surface area (Å²) < 4.78 is 4.96. The minimum atomic E-state index is 0.276. The first-order valence-electron chi connectivity index (χ1n) is 18.6. The van der Waals surface area contributed by atoms with Gasteiger partial charge in [-0.1, -0.05) is 91.1 Å². The Morgan fingerprint density at radius 3 is 2.46 bits per heavy atom. The maximum atomic E-state index is 5.48. The van der Waals surface area contributed by atoms with Crippen LogP contribution < -0.4 is 0 Å². The quantitative estimate of drug-likeness (QED) is 0.183. The van der Waals surface area contributed by atoms with Crippen LogP contribution in [0.15, 0.2) is 121 Å². The highest BCUT2D eigenvalue weighted by Gasteiger charge is 2.29. The zero-order valence-electron chi connectivity index (χ0n) is 28.5. The van der Waals surface area contributed by atoms with Gasteiger partial charge in [-0.15, -0.1) is 0 Å². The Morgan fingerprint density at radius 1 is 0.700 bits per heavy atom. The summed E-state index contributed by atoms with van der Waals surface area (Å²) >= 11 is 0. The van der Waals surface area contributed by atoms with E-state index in [2.05, 4.69) is 143 Å². The molecule has 4 aliphatic rings. The summed E-state index contributed by atoms with van der Waals surface area (Å²) in [7, 11) is 0. The zero-order chi connectivity index (χ0) is 33.0. The van der Waals surface area contributed by atoms with Crippen LogP contribution in [0.4, 0.5) is 0 Å². The van der Waals surface area contributed by atoms with Crippen LogP contribution >= 0.6 is 0 Å². The lowest BCUT2D eigenvalue weighted by Gasteiger charge is -2.22. The van der Waals surface area contributed by atoms with Crippen molar-refractivity contribution in [3.63, 3.8) is 0 Å². The van der Waals surface area contributed by atoms with E-state index in [-0.39, 0.29) is 5.92 Å². The second-order valence-electron chi connectivity index (χ2n) is 14.3. The summed E-state index contributed by atoms with van der Waals surface area (Å²) in [6.45, 7) is 0. The summed E-state index contributed by atoms with van der Waals surface area (Å²) in [5.41, 5.74) is 16.0. The SMILES string of the molecule is C1=CCCC(c2cc(C3=CCCCC3)nc(-n3c4c(c5c3CCC=C5)CC(c3cccc5c3c3ccccc3n5-c3ccccc3)C=C4)c2)=C1. The van der Waals surface area contributed by atoms with Crippen LogP contribution in [0.3, 0.4) is 0 Å². The average Bonchev–Trinajstić information content (AvgIpc) is 3.71. The van der Waals surface area contributed by atoms with Crippen molar-refractivity contribution in [2.45, 2.75) is 63.7 Å². The molecule has 3 aromatic heterocycles.